The quantitative estimate of drug-likeness (QED) is 0.635. The summed E-state index contributed by atoms with van der Waals surface area (Å²) in [5, 5.41) is 6.11. The zero-order valence-corrected chi connectivity index (χ0v) is 14.1. The summed E-state index contributed by atoms with van der Waals surface area (Å²) in [6.45, 7) is 2.10. The van der Waals surface area contributed by atoms with Crippen LogP contribution >= 0.6 is 0 Å². The molecule has 3 rings (SSSR count). The Morgan fingerprint density at radius 1 is 1.29 bits per heavy atom. The normalized spacial score (nSPS) is 21.0. The summed E-state index contributed by atoms with van der Waals surface area (Å²) in [4.78, 5) is 18.3. The van der Waals surface area contributed by atoms with Crippen LogP contribution in [0.15, 0.2) is 29.3 Å². The third kappa shape index (κ3) is 4.69. The Bertz CT molecular complexity index is 598. The van der Waals surface area contributed by atoms with E-state index < -0.39 is 0 Å². The van der Waals surface area contributed by atoms with E-state index in [-0.39, 0.29) is 18.3 Å². The van der Waals surface area contributed by atoms with Crippen LogP contribution in [-0.4, -0.2) is 49.5 Å². The van der Waals surface area contributed by atoms with E-state index in [1.165, 1.54) is 12.1 Å². The molecule has 2 aliphatic rings. The van der Waals surface area contributed by atoms with Gasteiger partial charge in [0.1, 0.15) is 5.82 Å². The molecule has 1 unspecified atom stereocenters. The number of likely N-dealkylation sites (tertiary alicyclic amines) is 1. The summed E-state index contributed by atoms with van der Waals surface area (Å²) >= 11 is 0. The summed E-state index contributed by atoms with van der Waals surface area (Å²) in [6.07, 6.45) is 4.21. The molecule has 6 heteroatoms. The van der Waals surface area contributed by atoms with Crippen LogP contribution in [0.3, 0.4) is 0 Å². The van der Waals surface area contributed by atoms with Crippen molar-refractivity contribution in [1.29, 1.82) is 0 Å². The van der Waals surface area contributed by atoms with Crippen molar-refractivity contribution in [3.8, 4) is 0 Å². The summed E-state index contributed by atoms with van der Waals surface area (Å²) in [5.74, 6) is 1.14. The van der Waals surface area contributed by atoms with Gasteiger partial charge in [-0.15, -0.1) is 0 Å². The number of nitrogens with one attached hydrogen (secondary N) is 2. The number of carbonyl (C=O) groups excluding carboxylic acids is 1. The van der Waals surface area contributed by atoms with Gasteiger partial charge in [0.2, 0.25) is 5.91 Å². The summed E-state index contributed by atoms with van der Waals surface area (Å²) in [6, 6.07) is 7.12. The molecule has 1 aromatic rings. The maximum absolute atomic E-state index is 13.0. The molecule has 0 spiro atoms. The molecule has 1 saturated carbocycles. The van der Waals surface area contributed by atoms with Gasteiger partial charge in [0, 0.05) is 26.2 Å². The first kappa shape index (κ1) is 16.7. The van der Waals surface area contributed by atoms with E-state index >= 15 is 0 Å². The SMILES string of the molecule is CN=C(NCC(=O)NC1CC1)N1CCC(Cc2ccc(F)cc2)C1. The van der Waals surface area contributed by atoms with Gasteiger partial charge in [-0.3, -0.25) is 9.79 Å². The molecule has 0 aromatic heterocycles. The molecular formula is C18H25FN4O. The zero-order valence-electron chi connectivity index (χ0n) is 14.1. The van der Waals surface area contributed by atoms with Crippen LogP contribution in [0.25, 0.3) is 0 Å². The van der Waals surface area contributed by atoms with Crippen molar-refractivity contribution in [2.24, 2.45) is 10.9 Å². The van der Waals surface area contributed by atoms with E-state index in [0.29, 0.717) is 12.0 Å². The molecule has 0 radical (unpaired) electrons. The minimum Gasteiger partial charge on any atom is -0.352 e. The average molecular weight is 332 g/mol. The van der Waals surface area contributed by atoms with E-state index in [1.807, 2.05) is 12.1 Å². The fourth-order valence-corrected chi connectivity index (χ4v) is 3.14. The lowest BCUT2D eigenvalue weighted by atomic mass is 9.99. The smallest absolute Gasteiger partial charge is 0.239 e. The highest BCUT2D eigenvalue weighted by Gasteiger charge is 2.26. The van der Waals surface area contributed by atoms with Gasteiger partial charge in [-0.2, -0.15) is 0 Å². The third-order valence-corrected chi connectivity index (χ3v) is 4.58. The predicted molar refractivity (Wildman–Crippen MR) is 92.3 cm³/mol. The van der Waals surface area contributed by atoms with Gasteiger partial charge in [0.15, 0.2) is 5.96 Å². The number of amides is 1. The number of hydrogen-bond donors (Lipinski definition) is 2. The predicted octanol–water partition coefficient (Wildman–Crippen LogP) is 1.54. The topological polar surface area (TPSA) is 56.7 Å². The lowest BCUT2D eigenvalue weighted by molar-refractivity contribution is -0.120. The van der Waals surface area contributed by atoms with Gasteiger partial charge in [0.25, 0.3) is 0 Å². The molecule has 24 heavy (non-hydrogen) atoms. The maximum Gasteiger partial charge on any atom is 0.239 e. The van der Waals surface area contributed by atoms with Gasteiger partial charge in [-0.05, 0) is 49.3 Å². The van der Waals surface area contributed by atoms with Crippen molar-refractivity contribution < 1.29 is 9.18 Å². The number of hydrogen-bond acceptors (Lipinski definition) is 2. The van der Waals surface area contributed by atoms with Gasteiger partial charge in [-0.1, -0.05) is 12.1 Å². The van der Waals surface area contributed by atoms with E-state index in [1.54, 1.807) is 7.05 Å². The fourth-order valence-electron chi connectivity index (χ4n) is 3.14. The molecular weight excluding hydrogens is 307 g/mol. The number of guanidine groups is 1. The molecule has 1 heterocycles. The van der Waals surface area contributed by atoms with E-state index in [2.05, 4.69) is 20.5 Å². The second-order valence-corrected chi connectivity index (χ2v) is 6.67. The highest BCUT2D eigenvalue weighted by molar-refractivity contribution is 5.86. The van der Waals surface area contributed by atoms with Crippen LogP contribution in [0.1, 0.15) is 24.8 Å². The minimum absolute atomic E-state index is 0.0284. The number of rotatable bonds is 5. The Balaban J connectivity index is 1.45. The fraction of sp³-hybridized carbons (Fsp3) is 0.556. The first-order valence-electron chi connectivity index (χ1n) is 8.63. The lowest BCUT2D eigenvalue weighted by Gasteiger charge is -2.21. The molecule has 2 N–H and O–H groups in total. The number of aliphatic imine (C=N–C) groups is 1. The Labute approximate surface area is 142 Å². The molecule has 5 nitrogen and oxygen atoms in total. The van der Waals surface area contributed by atoms with Gasteiger partial charge in [0.05, 0.1) is 6.54 Å². The molecule has 1 aliphatic carbocycles. The first-order chi connectivity index (χ1) is 11.6. The molecule has 130 valence electrons. The van der Waals surface area contributed by atoms with Crippen molar-refractivity contribution in [3.63, 3.8) is 0 Å². The van der Waals surface area contributed by atoms with Gasteiger partial charge in [-0.25, -0.2) is 4.39 Å². The van der Waals surface area contributed by atoms with Crippen LogP contribution in [0.5, 0.6) is 0 Å². The third-order valence-electron chi connectivity index (χ3n) is 4.58. The van der Waals surface area contributed by atoms with Crippen LogP contribution in [0, 0.1) is 11.7 Å². The average Bonchev–Trinajstić information content (AvgIpc) is 3.27. The molecule has 1 atom stereocenters. The van der Waals surface area contributed by atoms with E-state index in [0.717, 1.165) is 50.3 Å². The highest BCUT2D eigenvalue weighted by atomic mass is 19.1. The Kier molecular flexibility index (Phi) is 5.33. The van der Waals surface area contributed by atoms with Crippen molar-refractivity contribution in [3.05, 3.63) is 35.6 Å². The zero-order chi connectivity index (χ0) is 16.9. The number of halogens is 1. The Hall–Kier alpha value is -2.11. The van der Waals surface area contributed by atoms with Gasteiger partial charge >= 0.3 is 0 Å². The van der Waals surface area contributed by atoms with Crippen molar-refractivity contribution in [1.82, 2.24) is 15.5 Å². The van der Waals surface area contributed by atoms with E-state index in [4.69, 9.17) is 0 Å². The standard InChI is InChI=1S/C18H25FN4O/c1-20-18(21-11-17(24)22-16-6-7-16)23-9-8-14(12-23)10-13-2-4-15(19)5-3-13/h2-5,14,16H,6-12H2,1H3,(H,20,21)(H,22,24). The second-order valence-electron chi connectivity index (χ2n) is 6.67. The van der Waals surface area contributed by atoms with Crippen LogP contribution in [-0.2, 0) is 11.2 Å². The number of carbonyl (C=O) groups is 1. The summed E-state index contributed by atoms with van der Waals surface area (Å²) in [5.41, 5.74) is 1.16. The molecule has 1 aliphatic heterocycles. The molecule has 2 fully saturated rings. The first-order valence-corrected chi connectivity index (χ1v) is 8.63. The molecule has 1 saturated heterocycles. The minimum atomic E-state index is -0.194. The number of benzene rings is 1. The van der Waals surface area contributed by atoms with Crippen molar-refractivity contribution >= 4 is 11.9 Å². The van der Waals surface area contributed by atoms with E-state index in [9.17, 15) is 9.18 Å². The van der Waals surface area contributed by atoms with Crippen LogP contribution < -0.4 is 10.6 Å². The lowest BCUT2D eigenvalue weighted by Crippen LogP contribution is -2.45. The molecule has 0 bridgehead atoms. The van der Waals surface area contributed by atoms with Gasteiger partial charge < -0.3 is 15.5 Å². The molecule has 1 aromatic carbocycles. The maximum atomic E-state index is 13.0. The summed E-state index contributed by atoms with van der Waals surface area (Å²) in [7, 11) is 1.74. The Morgan fingerprint density at radius 2 is 2.04 bits per heavy atom. The number of nitrogens with zero attached hydrogens (tertiary/aromatic N) is 2. The van der Waals surface area contributed by atoms with Crippen LogP contribution in [0.2, 0.25) is 0 Å². The Morgan fingerprint density at radius 3 is 2.71 bits per heavy atom. The largest absolute Gasteiger partial charge is 0.352 e. The second kappa shape index (κ2) is 7.64. The highest BCUT2D eigenvalue weighted by Crippen LogP contribution is 2.21. The van der Waals surface area contributed by atoms with Crippen molar-refractivity contribution in [2.45, 2.75) is 31.7 Å². The molecule has 1 amide bonds. The van der Waals surface area contributed by atoms with Crippen LogP contribution in [0.4, 0.5) is 4.39 Å². The van der Waals surface area contributed by atoms with Crippen molar-refractivity contribution in [2.75, 3.05) is 26.7 Å². The monoisotopic (exact) mass is 332 g/mol. The summed E-state index contributed by atoms with van der Waals surface area (Å²) < 4.78 is 13.0.